The van der Waals surface area contributed by atoms with Crippen molar-refractivity contribution in [2.45, 2.75) is 31.6 Å². The molecule has 2 aromatic rings. The lowest BCUT2D eigenvalue weighted by Crippen LogP contribution is -2.44. The SMILES string of the molecule is Cc1ccc(CS(=O)(=O)N2CCCC(Oc3ccccc3)C2)cc1. The van der Waals surface area contributed by atoms with Gasteiger partial charge in [0, 0.05) is 6.54 Å². The molecule has 4 nitrogen and oxygen atoms in total. The van der Waals surface area contributed by atoms with Crippen molar-refractivity contribution >= 4 is 10.0 Å². The topological polar surface area (TPSA) is 46.6 Å². The molecule has 1 atom stereocenters. The van der Waals surface area contributed by atoms with Gasteiger partial charge in [-0.25, -0.2) is 8.42 Å². The Hall–Kier alpha value is -1.85. The van der Waals surface area contributed by atoms with E-state index in [9.17, 15) is 8.42 Å². The number of hydrogen-bond donors (Lipinski definition) is 0. The first-order valence-corrected chi connectivity index (χ1v) is 9.89. The summed E-state index contributed by atoms with van der Waals surface area (Å²) in [7, 11) is -3.32. The average Bonchev–Trinajstić information content (AvgIpc) is 2.58. The number of piperidine rings is 1. The van der Waals surface area contributed by atoms with E-state index < -0.39 is 10.0 Å². The Morgan fingerprint density at radius 3 is 2.50 bits per heavy atom. The summed E-state index contributed by atoms with van der Waals surface area (Å²) in [5.41, 5.74) is 1.96. The molecule has 1 saturated heterocycles. The Kier molecular flexibility index (Phi) is 5.21. The van der Waals surface area contributed by atoms with Crippen molar-refractivity contribution in [3.05, 3.63) is 65.7 Å². The quantitative estimate of drug-likeness (QED) is 0.835. The van der Waals surface area contributed by atoms with E-state index in [1.54, 1.807) is 4.31 Å². The molecule has 5 heteroatoms. The van der Waals surface area contributed by atoms with Crippen LogP contribution in [0.5, 0.6) is 5.75 Å². The second-order valence-corrected chi connectivity index (χ2v) is 8.26. The van der Waals surface area contributed by atoms with Crippen LogP contribution in [-0.2, 0) is 15.8 Å². The molecule has 1 fully saturated rings. The molecule has 0 bridgehead atoms. The van der Waals surface area contributed by atoms with Crippen molar-refractivity contribution in [3.8, 4) is 5.75 Å². The minimum absolute atomic E-state index is 0.0470. The zero-order valence-corrected chi connectivity index (χ0v) is 14.7. The maximum atomic E-state index is 12.7. The van der Waals surface area contributed by atoms with Gasteiger partial charge >= 0.3 is 0 Å². The van der Waals surface area contributed by atoms with E-state index in [0.717, 1.165) is 29.7 Å². The molecular formula is C19H23NO3S. The number of nitrogens with zero attached hydrogens (tertiary/aromatic N) is 1. The van der Waals surface area contributed by atoms with Gasteiger partial charge in [-0.2, -0.15) is 4.31 Å². The minimum Gasteiger partial charge on any atom is -0.489 e. The zero-order valence-electron chi connectivity index (χ0n) is 13.9. The fourth-order valence-corrected chi connectivity index (χ4v) is 4.53. The van der Waals surface area contributed by atoms with Crippen molar-refractivity contribution in [2.75, 3.05) is 13.1 Å². The fourth-order valence-electron chi connectivity index (χ4n) is 2.93. The number of hydrogen-bond acceptors (Lipinski definition) is 3. The van der Waals surface area contributed by atoms with E-state index in [2.05, 4.69) is 0 Å². The molecule has 24 heavy (non-hydrogen) atoms. The van der Waals surface area contributed by atoms with Crippen molar-refractivity contribution in [1.82, 2.24) is 4.31 Å². The highest BCUT2D eigenvalue weighted by atomic mass is 32.2. The van der Waals surface area contributed by atoms with Crippen LogP contribution in [0.15, 0.2) is 54.6 Å². The molecule has 0 saturated carbocycles. The molecule has 1 unspecified atom stereocenters. The third kappa shape index (κ3) is 4.36. The van der Waals surface area contributed by atoms with E-state index in [1.165, 1.54) is 0 Å². The largest absolute Gasteiger partial charge is 0.489 e. The molecule has 0 spiro atoms. The van der Waals surface area contributed by atoms with Crippen LogP contribution in [-0.4, -0.2) is 31.9 Å². The highest BCUT2D eigenvalue weighted by Crippen LogP contribution is 2.21. The Morgan fingerprint density at radius 2 is 1.79 bits per heavy atom. The van der Waals surface area contributed by atoms with Gasteiger partial charge in [-0.15, -0.1) is 0 Å². The second kappa shape index (κ2) is 7.36. The van der Waals surface area contributed by atoms with Crippen molar-refractivity contribution < 1.29 is 13.2 Å². The smallest absolute Gasteiger partial charge is 0.218 e. The van der Waals surface area contributed by atoms with Crippen LogP contribution in [0.25, 0.3) is 0 Å². The predicted octanol–water partition coefficient (Wildman–Crippen LogP) is 3.37. The van der Waals surface area contributed by atoms with E-state index in [4.69, 9.17) is 4.74 Å². The van der Waals surface area contributed by atoms with Crippen LogP contribution in [0.4, 0.5) is 0 Å². The summed E-state index contributed by atoms with van der Waals surface area (Å²) in [6, 6.07) is 17.2. The minimum atomic E-state index is -3.32. The van der Waals surface area contributed by atoms with Crippen molar-refractivity contribution in [2.24, 2.45) is 0 Å². The molecule has 0 aromatic heterocycles. The van der Waals surface area contributed by atoms with Gasteiger partial charge in [0.05, 0.1) is 12.3 Å². The normalized spacial score (nSPS) is 19.1. The van der Waals surface area contributed by atoms with Crippen LogP contribution in [0.3, 0.4) is 0 Å². The Morgan fingerprint density at radius 1 is 1.08 bits per heavy atom. The van der Waals surface area contributed by atoms with Crippen molar-refractivity contribution in [1.29, 1.82) is 0 Å². The lowest BCUT2D eigenvalue weighted by Gasteiger charge is -2.32. The fraction of sp³-hybridized carbons (Fsp3) is 0.368. The molecule has 0 amide bonds. The summed E-state index contributed by atoms with van der Waals surface area (Å²) >= 11 is 0. The van der Waals surface area contributed by atoms with Gasteiger partial charge in [-0.05, 0) is 37.5 Å². The third-order valence-corrected chi connectivity index (χ3v) is 6.07. The summed E-state index contributed by atoms with van der Waals surface area (Å²) in [6.07, 6.45) is 1.62. The number of aryl methyl sites for hydroxylation is 1. The monoisotopic (exact) mass is 345 g/mol. The molecule has 0 aliphatic carbocycles. The standard InChI is InChI=1S/C19H23NO3S/c1-16-9-11-17(12-10-16)15-24(21,22)20-13-5-8-19(14-20)23-18-6-3-2-4-7-18/h2-4,6-7,9-12,19H,5,8,13-15H2,1H3. The van der Waals surface area contributed by atoms with E-state index in [0.29, 0.717) is 13.1 Å². The molecule has 1 aliphatic heterocycles. The van der Waals surface area contributed by atoms with Gasteiger partial charge in [0.25, 0.3) is 0 Å². The first-order valence-electron chi connectivity index (χ1n) is 8.28. The van der Waals surface area contributed by atoms with E-state index >= 15 is 0 Å². The molecule has 1 heterocycles. The van der Waals surface area contributed by atoms with Crippen molar-refractivity contribution in [3.63, 3.8) is 0 Å². The maximum Gasteiger partial charge on any atom is 0.218 e. The Bertz CT molecular complexity index is 757. The lowest BCUT2D eigenvalue weighted by molar-refractivity contribution is 0.129. The summed E-state index contributed by atoms with van der Waals surface area (Å²) in [4.78, 5) is 0. The molecule has 0 N–H and O–H groups in total. The molecule has 1 aliphatic rings. The summed E-state index contributed by atoms with van der Waals surface area (Å²) in [6.45, 7) is 2.99. The Balaban J connectivity index is 1.65. The number of ether oxygens (including phenoxy) is 1. The maximum absolute atomic E-state index is 12.7. The molecule has 0 radical (unpaired) electrons. The summed E-state index contributed by atoms with van der Waals surface area (Å²) in [5, 5.41) is 0. The van der Waals surface area contributed by atoms with Crippen LogP contribution in [0.2, 0.25) is 0 Å². The first-order chi connectivity index (χ1) is 11.5. The van der Waals surface area contributed by atoms with E-state index in [-0.39, 0.29) is 11.9 Å². The van der Waals surface area contributed by atoms with Crippen LogP contribution < -0.4 is 4.74 Å². The highest BCUT2D eigenvalue weighted by molar-refractivity contribution is 7.88. The molecule has 3 rings (SSSR count). The van der Waals surface area contributed by atoms with Gasteiger partial charge in [0.15, 0.2) is 0 Å². The second-order valence-electron chi connectivity index (χ2n) is 6.29. The predicted molar refractivity (Wildman–Crippen MR) is 95.5 cm³/mol. The van der Waals surface area contributed by atoms with Gasteiger partial charge in [0.2, 0.25) is 10.0 Å². The Labute approximate surface area is 144 Å². The average molecular weight is 345 g/mol. The lowest BCUT2D eigenvalue weighted by atomic mass is 10.1. The molecule has 2 aromatic carbocycles. The summed E-state index contributed by atoms with van der Waals surface area (Å²) in [5.74, 6) is 0.839. The van der Waals surface area contributed by atoms with Crippen LogP contribution in [0, 0.1) is 6.92 Å². The van der Waals surface area contributed by atoms with Crippen LogP contribution >= 0.6 is 0 Å². The molecular weight excluding hydrogens is 322 g/mol. The van der Waals surface area contributed by atoms with Gasteiger partial charge in [-0.1, -0.05) is 48.0 Å². The first kappa shape index (κ1) is 17.0. The number of rotatable bonds is 5. The number of sulfonamides is 1. The third-order valence-electron chi connectivity index (χ3n) is 4.25. The zero-order chi connectivity index (χ0) is 17.0. The van der Waals surface area contributed by atoms with Crippen LogP contribution in [0.1, 0.15) is 24.0 Å². The van der Waals surface area contributed by atoms with E-state index in [1.807, 2.05) is 61.5 Å². The van der Waals surface area contributed by atoms with Gasteiger partial charge in [-0.3, -0.25) is 0 Å². The number of para-hydroxylation sites is 1. The van der Waals surface area contributed by atoms with Gasteiger partial charge < -0.3 is 4.74 Å². The highest BCUT2D eigenvalue weighted by Gasteiger charge is 2.30. The number of benzene rings is 2. The van der Waals surface area contributed by atoms with Gasteiger partial charge in [0.1, 0.15) is 11.9 Å². The summed E-state index contributed by atoms with van der Waals surface area (Å²) < 4.78 is 32.9. The molecule has 128 valence electrons.